The number of fused-ring (bicyclic) bond motifs is 1. The van der Waals surface area contributed by atoms with E-state index in [2.05, 4.69) is 32.4 Å². The zero-order valence-corrected chi connectivity index (χ0v) is 14.9. The Morgan fingerprint density at radius 3 is 2.52 bits per heavy atom. The van der Waals surface area contributed by atoms with Crippen LogP contribution in [0.25, 0.3) is 10.9 Å². The van der Waals surface area contributed by atoms with Gasteiger partial charge in [-0.1, -0.05) is 42.5 Å². The van der Waals surface area contributed by atoms with E-state index in [-0.39, 0.29) is 0 Å². The third kappa shape index (κ3) is 3.50. The maximum Gasteiger partial charge on any atom is 0.231 e. The maximum absolute atomic E-state index is 6.32. The Bertz CT molecular complexity index is 1070. The number of pyridine rings is 1. The lowest BCUT2D eigenvalue weighted by Gasteiger charge is -2.13. The standard InChI is InChI=1S/C21H19N5O/c1-27-16-11-10-15(13-14-7-3-2-4-8-14)18-19(16)25-21(26-20(18)22)24-17-9-5-6-12-23-17/h2-12H,13H2,1H3,(H3,22,23,24,25,26). The molecule has 0 atom stereocenters. The minimum atomic E-state index is 0.383. The second kappa shape index (κ2) is 7.29. The summed E-state index contributed by atoms with van der Waals surface area (Å²) in [7, 11) is 1.62. The summed E-state index contributed by atoms with van der Waals surface area (Å²) in [6.45, 7) is 0. The summed E-state index contributed by atoms with van der Waals surface area (Å²) in [5.41, 5.74) is 9.25. The average molecular weight is 357 g/mol. The van der Waals surface area contributed by atoms with Gasteiger partial charge in [0.05, 0.1) is 7.11 Å². The lowest BCUT2D eigenvalue weighted by Crippen LogP contribution is -2.05. The molecule has 0 radical (unpaired) electrons. The number of rotatable bonds is 5. The fourth-order valence-corrected chi connectivity index (χ4v) is 3.05. The molecule has 2 aromatic heterocycles. The first kappa shape index (κ1) is 16.8. The van der Waals surface area contributed by atoms with E-state index in [4.69, 9.17) is 10.5 Å². The molecule has 4 aromatic rings. The van der Waals surface area contributed by atoms with E-state index in [1.807, 2.05) is 48.5 Å². The van der Waals surface area contributed by atoms with Gasteiger partial charge in [0, 0.05) is 11.6 Å². The van der Waals surface area contributed by atoms with Gasteiger partial charge in [-0.15, -0.1) is 0 Å². The Morgan fingerprint density at radius 1 is 0.963 bits per heavy atom. The Hall–Kier alpha value is -3.67. The number of aromatic nitrogens is 3. The van der Waals surface area contributed by atoms with Crippen LogP contribution in [-0.4, -0.2) is 22.1 Å². The van der Waals surface area contributed by atoms with Gasteiger partial charge in [0.2, 0.25) is 5.95 Å². The highest BCUT2D eigenvalue weighted by atomic mass is 16.5. The topological polar surface area (TPSA) is 86.0 Å². The highest BCUT2D eigenvalue weighted by Crippen LogP contribution is 2.32. The first-order valence-electron chi connectivity index (χ1n) is 8.59. The summed E-state index contributed by atoms with van der Waals surface area (Å²) >= 11 is 0. The van der Waals surface area contributed by atoms with Crippen molar-refractivity contribution in [2.24, 2.45) is 0 Å². The normalized spacial score (nSPS) is 10.7. The number of anilines is 3. The number of nitrogens with zero attached hydrogens (tertiary/aromatic N) is 3. The lowest BCUT2D eigenvalue weighted by atomic mass is 10.0. The van der Waals surface area contributed by atoms with E-state index in [0.29, 0.717) is 28.9 Å². The Kier molecular flexibility index (Phi) is 4.53. The summed E-state index contributed by atoms with van der Waals surface area (Å²) in [6.07, 6.45) is 2.44. The van der Waals surface area contributed by atoms with Crippen molar-refractivity contribution in [2.45, 2.75) is 6.42 Å². The first-order valence-corrected chi connectivity index (χ1v) is 8.59. The zero-order chi connectivity index (χ0) is 18.6. The molecule has 3 N–H and O–H groups in total. The van der Waals surface area contributed by atoms with Crippen LogP contribution in [0.3, 0.4) is 0 Å². The molecule has 2 heterocycles. The van der Waals surface area contributed by atoms with E-state index in [1.165, 1.54) is 5.56 Å². The van der Waals surface area contributed by atoms with Gasteiger partial charge >= 0.3 is 0 Å². The van der Waals surface area contributed by atoms with Gasteiger partial charge in [0.15, 0.2) is 0 Å². The van der Waals surface area contributed by atoms with Crippen molar-refractivity contribution in [1.29, 1.82) is 0 Å². The monoisotopic (exact) mass is 357 g/mol. The van der Waals surface area contributed by atoms with E-state index < -0.39 is 0 Å². The smallest absolute Gasteiger partial charge is 0.231 e. The average Bonchev–Trinajstić information content (AvgIpc) is 2.69. The largest absolute Gasteiger partial charge is 0.494 e. The SMILES string of the molecule is COc1ccc(Cc2ccccc2)c2c(N)nc(Nc3ccccn3)nc12. The Morgan fingerprint density at radius 2 is 1.78 bits per heavy atom. The van der Waals surface area contributed by atoms with Crippen molar-refractivity contribution in [2.75, 3.05) is 18.2 Å². The van der Waals surface area contributed by atoms with Crippen molar-refractivity contribution < 1.29 is 4.74 Å². The third-order valence-corrected chi connectivity index (χ3v) is 4.29. The summed E-state index contributed by atoms with van der Waals surface area (Å²) in [6, 6.07) is 19.7. The van der Waals surface area contributed by atoms with E-state index in [1.54, 1.807) is 13.3 Å². The number of hydrogen-bond donors (Lipinski definition) is 2. The van der Waals surface area contributed by atoms with Crippen LogP contribution in [-0.2, 0) is 6.42 Å². The Labute approximate surface area is 157 Å². The first-order chi connectivity index (χ1) is 13.2. The highest BCUT2D eigenvalue weighted by molar-refractivity contribution is 5.96. The van der Waals surface area contributed by atoms with Crippen LogP contribution < -0.4 is 15.8 Å². The zero-order valence-electron chi connectivity index (χ0n) is 14.9. The minimum absolute atomic E-state index is 0.383. The van der Waals surface area contributed by atoms with Crippen LogP contribution in [0.1, 0.15) is 11.1 Å². The quantitative estimate of drug-likeness (QED) is 0.562. The maximum atomic E-state index is 6.32. The Balaban J connectivity index is 1.80. The molecule has 0 amide bonds. The van der Waals surface area contributed by atoms with Gasteiger partial charge in [0.25, 0.3) is 0 Å². The summed E-state index contributed by atoms with van der Waals surface area (Å²) < 4.78 is 5.50. The van der Waals surface area contributed by atoms with Crippen molar-refractivity contribution in [3.63, 3.8) is 0 Å². The molecule has 0 aliphatic rings. The second-order valence-corrected chi connectivity index (χ2v) is 6.09. The molecule has 0 spiro atoms. The van der Waals surface area contributed by atoms with Crippen molar-refractivity contribution >= 4 is 28.5 Å². The van der Waals surface area contributed by atoms with Crippen LogP contribution in [0.5, 0.6) is 5.75 Å². The minimum Gasteiger partial charge on any atom is -0.494 e. The number of ether oxygens (including phenoxy) is 1. The predicted octanol–water partition coefficient (Wildman–Crippen LogP) is 3.95. The molecule has 27 heavy (non-hydrogen) atoms. The molecule has 134 valence electrons. The number of benzene rings is 2. The molecular weight excluding hydrogens is 338 g/mol. The molecule has 4 rings (SSSR count). The fraction of sp³-hybridized carbons (Fsp3) is 0.0952. The van der Waals surface area contributed by atoms with E-state index in [9.17, 15) is 0 Å². The summed E-state index contributed by atoms with van der Waals surface area (Å²) in [5, 5.41) is 3.90. The molecule has 0 saturated carbocycles. The van der Waals surface area contributed by atoms with Gasteiger partial charge < -0.3 is 15.8 Å². The van der Waals surface area contributed by atoms with Crippen molar-refractivity contribution in [3.05, 3.63) is 78.0 Å². The van der Waals surface area contributed by atoms with Crippen LogP contribution in [0.2, 0.25) is 0 Å². The number of nitrogens with one attached hydrogen (secondary N) is 1. The fourth-order valence-electron chi connectivity index (χ4n) is 3.05. The van der Waals surface area contributed by atoms with Crippen LogP contribution in [0, 0.1) is 0 Å². The molecule has 2 aromatic carbocycles. The molecule has 0 unspecified atom stereocenters. The van der Waals surface area contributed by atoms with E-state index >= 15 is 0 Å². The number of hydrogen-bond acceptors (Lipinski definition) is 6. The van der Waals surface area contributed by atoms with Crippen molar-refractivity contribution in [3.8, 4) is 5.75 Å². The predicted molar refractivity (Wildman–Crippen MR) is 107 cm³/mol. The van der Waals surface area contributed by atoms with Gasteiger partial charge in [-0.3, -0.25) is 0 Å². The van der Waals surface area contributed by atoms with Crippen molar-refractivity contribution in [1.82, 2.24) is 15.0 Å². The molecule has 0 fully saturated rings. The number of nitrogen functional groups attached to an aromatic ring is 1. The molecule has 6 nitrogen and oxygen atoms in total. The molecular formula is C21H19N5O. The van der Waals surface area contributed by atoms with Gasteiger partial charge in [0.1, 0.15) is 22.9 Å². The molecule has 0 saturated heterocycles. The van der Waals surface area contributed by atoms with Crippen LogP contribution >= 0.6 is 0 Å². The number of methoxy groups -OCH3 is 1. The summed E-state index contributed by atoms with van der Waals surface area (Å²) in [5.74, 6) is 2.09. The molecule has 0 aliphatic carbocycles. The van der Waals surface area contributed by atoms with Crippen LogP contribution in [0.4, 0.5) is 17.6 Å². The lowest BCUT2D eigenvalue weighted by molar-refractivity contribution is 0.419. The molecule has 0 aliphatic heterocycles. The molecule has 0 bridgehead atoms. The summed E-state index contributed by atoms with van der Waals surface area (Å²) in [4.78, 5) is 13.3. The number of nitrogens with two attached hydrogens (primary N) is 1. The molecule has 6 heteroatoms. The highest BCUT2D eigenvalue weighted by Gasteiger charge is 2.15. The van der Waals surface area contributed by atoms with Gasteiger partial charge in [-0.2, -0.15) is 4.98 Å². The second-order valence-electron chi connectivity index (χ2n) is 6.09. The third-order valence-electron chi connectivity index (χ3n) is 4.29. The van der Waals surface area contributed by atoms with Crippen LogP contribution in [0.15, 0.2) is 66.9 Å². The van der Waals surface area contributed by atoms with Gasteiger partial charge in [-0.25, -0.2) is 9.97 Å². The van der Waals surface area contributed by atoms with E-state index in [0.717, 1.165) is 17.4 Å². The van der Waals surface area contributed by atoms with Gasteiger partial charge in [-0.05, 0) is 35.7 Å².